The fourth-order valence-electron chi connectivity index (χ4n) is 23.2. The molecule has 0 N–H and O–H groups in total. The smallest absolute Gasteiger partial charge is 0.146 e. The standard InChI is InChI=1S/C26H15N3O.4C25H14N4O/c1-2-7-16(8-3-1)29-24-22(19-10-6-13-28-26(19)29)17-12-14-27-15-20(17)25-23(24)18-9-4-5-11-21(18)30-25;1-2-8-20-17(6-1)22-24-21(16-9-12-27-14-18(16)25(22)30-20)23-19(7-4-11-28-23)29(24)15-5-3-10-26-13-15;1-2-8-20-17(6-1)22-23-21(16-9-12-27-14-19(16)24(22)30-20)18-7-4-11-28-25(18)29(23)15-5-3-10-26-13-15;1-2-8-19-16(6-1)22-23-21(15-10-13-26-14-18(15)24(22)30-19)17-7-5-12-28-25(17)29(23)20-9-3-4-11-27-20;1-2-6-20-17(4-1)22-24-21(16-9-13-27-14-18(16)25(22)30-20)23-19(5-3-10-28-23)29(24)15-7-11-26-12-8-15/h1-15H;4*1-14H. The minimum absolute atomic E-state index is 0.830. The van der Waals surface area contributed by atoms with Crippen LogP contribution in [0.25, 0.3) is 302 Å². The summed E-state index contributed by atoms with van der Waals surface area (Å²) in [6.07, 6.45) is 40.6. The molecule has 0 saturated carbocycles. The first-order valence-electron chi connectivity index (χ1n) is 49.1. The molecule has 24 nitrogen and oxygen atoms in total. The van der Waals surface area contributed by atoms with Gasteiger partial charge in [-0.25, -0.2) is 19.9 Å². The summed E-state index contributed by atoms with van der Waals surface area (Å²) in [5, 5.41) is 30.3. The van der Waals surface area contributed by atoms with Gasteiger partial charge in [-0.15, -0.1) is 0 Å². The Hall–Kier alpha value is -21.2. The Kier molecular flexibility index (Phi) is 18.5. The molecule has 24 aromatic heterocycles. The van der Waals surface area contributed by atoms with Gasteiger partial charge in [0.25, 0.3) is 0 Å². The largest absolute Gasteiger partial charge is 0.455 e. The zero-order valence-electron chi connectivity index (χ0n) is 79.0. The number of aromatic nitrogens is 19. The molecule has 0 aliphatic carbocycles. The minimum Gasteiger partial charge on any atom is -0.455 e. The zero-order chi connectivity index (χ0) is 98.3. The molecule has 24 heterocycles. The van der Waals surface area contributed by atoms with Gasteiger partial charge in [0, 0.05) is 243 Å². The Labute approximate surface area is 844 Å². The summed E-state index contributed by atoms with van der Waals surface area (Å²) in [6.45, 7) is 0. The van der Waals surface area contributed by atoms with E-state index in [1.807, 2.05) is 294 Å². The number of hydrogen-bond donors (Lipinski definition) is 0. The Morgan fingerprint density at radius 2 is 0.427 bits per heavy atom. The van der Waals surface area contributed by atoms with Crippen LogP contribution in [-0.4, -0.2) is 92.6 Å². The molecular formula is C126H71N19O5. The van der Waals surface area contributed by atoms with Crippen molar-refractivity contribution in [1.29, 1.82) is 0 Å². The van der Waals surface area contributed by atoms with E-state index in [4.69, 9.17) is 47.0 Å². The van der Waals surface area contributed by atoms with E-state index >= 15 is 0 Å². The highest BCUT2D eigenvalue weighted by molar-refractivity contribution is 6.41. The lowest BCUT2D eigenvalue weighted by atomic mass is 10.0. The van der Waals surface area contributed by atoms with E-state index in [9.17, 15) is 0 Å². The molecule has 0 bridgehead atoms. The maximum atomic E-state index is 6.39. The van der Waals surface area contributed by atoms with Crippen LogP contribution >= 0.6 is 0 Å². The average molecular weight is 1930 g/mol. The first kappa shape index (κ1) is 83.4. The predicted molar refractivity (Wildman–Crippen MR) is 597 cm³/mol. The first-order chi connectivity index (χ1) is 74.6. The molecule has 150 heavy (non-hydrogen) atoms. The first-order valence-corrected chi connectivity index (χ1v) is 49.1. The highest BCUT2D eigenvalue weighted by Crippen LogP contribution is 2.53. The predicted octanol–water partition coefficient (Wildman–Crippen LogP) is 30.7. The molecule has 0 unspecified atom stereocenters. The normalized spacial score (nSPS) is 12.0. The highest BCUT2D eigenvalue weighted by atomic mass is 16.3. The van der Waals surface area contributed by atoms with E-state index in [1.54, 1.807) is 12.4 Å². The van der Waals surface area contributed by atoms with Crippen molar-refractivity contribution in [3.63, 3.8) is 0 Å². The SMILES string of the molecule is c1ccc(-n2c3ncccc3c3c4ccncc4c4oc5ccccc5c4c32)cc1.c1ccc(-n2c3ncccc3c3c4ccncc4c4oc5ccccc5c4c32)nc1.c1ccc2c(c1)oc1c3cnccc3c3c4ncccc4n(-c4ccncc4)c3c21.c1cncc(-n2c3cccnc3c3c4ccncc4c4oc5ccccc5c4c32)c1.c1cncc(-n2c3ncccc3c3c4ccncc4c4oc5ccccc5c4c32)c1. The maximum absolute atomic E-state index is 6.39. The van der Waals surface area contributed by atoms with E-state index in [-0.39, 0.29) is 0 Å². The molecule has 35 rings (SSSR count). The van der Waals surface area contributed by atoms with Gasteiger partial charge in [0.1, 0.15) is 78.6 Å². The molecule has 0 spiro atoms. The second-order valence-electron chi connectivity index (χ2n) is 36.9. The van der Waals surface area contributed by atoms with Gasteiger partial charge >= 0.3 is 0 Å². The molecule has 0 aliphatic rings. The van der Waals surface area contributed by atoms with E-state index in [2.05, 4.69) is 195 Å². The highest BCUT2D eigenvalue weighted by Gasteiger charge is 2.32. The number of benzene rings is 11. The molecule has 0 radical (unpaired) electrons. The van der Waals surface area contributed by atoms with Gasteiger partial charge in [0.15, 0.2) is 0 Å². The molecule has 24 heteroatoms. The van der Waals surface area contributed by atoms with Crippen molar-refractivity contribution < 1.29 is 22.1 Å². The lowest BCUT2D eigenvalue weighted by molar-refractivity contribution is 0.672. The molecule has 0 atom stereocenters. The van der Waals surface area contributed by atoms with Crippen molar-refractivity contribution in [3.05, 3.63) is 434 Å². The molecule has 700 valence electrons. The number of furan rings is 5. The maximum Gasteiger partial charge on any atom is 0.146 e. The summed E-state index contributed by atoms with van der Waals surface area (Å²) in [5.41, 5.74) is 24.8. The number of nitrogens with zero attached hydrogens (tertiary/aromatic N) is 19. The summed E-state index contributed by atoms with van der Waals surface area (Å²) in [6, 6.07) is 100. The van der Waals surface area contributed by atoms with Crippen LogP contribution in [0.15, 0.2) is 456 Å². The van der Waals surface area contributed by atoms with Crippen molar-refractivity contribution in [2.75, 3.05) is 0 Å². The lowest BCUT2D eigenvalue weighted by Gasteiger charge is -2.09. The monoisotopic (exact) mass is 1930 g/mol. The number of para-hydroxylation sites is 6. The topological polar surface area (TPSA) is 271 Å². The summed E-state index contributed by atoms with van der Waals surface area (Å²) in [5.74, 6) is 0.830. The van der Waals surface area contributed by atoms with Gasteiger partial charge in [0.2, 0.25) is 0 Å². The van der Waals surface area contributed by atoms with Crippen LogP contribution in [0.4, 0.5) is 0 Å². The second kappa shape index (κ2) is 33.2. The number of fused-ring (bicyclic) bond motifs is 50. The minimum atomic E-state index is 0.830. The number of rotatable bonds is 5. The van der Waals surface area contributed by atoms with Gasteiger partial charge in [-0.05, 0) is 198 Å². The molecular weight excluding hydrogens is 1860 g/mol. The summed E-state index contributed by atoms with van der Waals surface area (Å²) < 4.78 is 43.0. The molecule has 0 saturated heterocycles. The molecule has 35 aromatic rings. The zero-order valence-corrected chi connectivity index (χ0v) is 79.0. The summed E-state index contributed by atoms with van der Waals surface area (Å²) in [4.78, 5) is 63.4. The van der Waals surface area contributed by atoms with Gasteiger partial charge < -0.3 is 31.2 Å². The van der Waals surface area contributed by atoms with E-state index in [0.717, 1.165) is 296 Å². The Bertz CT molecular complexity index is 10300. The molecule has 0 amide bonds. The van der Waals surface area contributed by atoms with Crippen molar-refractivity contribution in [3.8, 4) is 28.6 Å². The summed E-state index contributed by atoms with van der Waals surface area (Å²) in [7, 11) is 0. The average Bonchev–Trinajstić information content (AvgIpc) is 1.55. The van der Waals surface area contributed by atoms with Crippen LogP contribution in [0.5, 0.6) is 0 Å². The van der Waals surface area contributed by atoms with E-state index < -0.39 is 0 Å². The van der Waals surface area contributed by atoms with E-state index in [0.29, 0.717) is 0 Å². The van der Waals surface area contributed by atoms with Crippen LogP contribution in [0.3, 0.4) is 0 Å². The van der Waals surface area contributed by atoms with Crippen LogP contribution in [-0.2, 0) is 0 Å². The van der Waals surface area contributed by atoms with Gasteiger partial charge in [0.05, 0.1) is 100 Å². The quantitative estimate of drug-likeness (QED) is 0.155. The van der Waals surface area contributed by atoms with Crippen LogP contribution in [0.2, 0.25) is 0 Å². The van der Waals surface area contributed by atoms with Crippen molar-refractivity contribution in [1.82, 2.24) is 92.6 Å². The summed E-state index contributed by atoms with van der Waals surface area (Å²) >= 11 is 0. The molecule has 0 aliphatic heterocycles. The third kappa shape index (κ3) is 12.3. The number of pyridine rings is 14. The Morgan fingerprint density at radius 1 is 0.153 bits per heavy atom. The fourth-order valence-corrected chi connectivity index (χ4v) is 23.2. The molecule has 11 aromatic carbocycles. The van der Waals surface area contributed by atoms with Gasteiger partial charge in [-0.3, -0.25) is 63.5 Å². The second-order valence-corrected chi connectivity index (χ2v) is 36.9. The lowest BCUT2D eigenvalue weighted by Crippen LogP contribution is -1.98. The van der Waals surface area contributed by atoms with Gasteiger partial charge in [-0.2, -0.15) is 0 Å². The van der Waals surface area contributed by atoms with Gasteiger partial charge in [-0.1, -0.05) is 115 Å². The number of hydrogen-bond acceptors (Lipinski definition) is 19. The van der Waals surface area contributed by atoms with E-state index in [1.165, 1.54) is 5.39 Å². The third-order valence-corrected chi connectivity index (χ3v) is 29.1. The fraction of sp³-hybridized carbons (Fsp3) is 0. The van der Waals surface area contributed by atoms with Crippen LogP contribution in [0.1, 0.15) is 0 Å². The van der Waals surface area contributed by atoms with Crippen LogP contribution in [0, 0.1) is 0 Å². The molecule has 0 fully saturated rings. The van der Waals surface area contributed by atoms with Crippen molar-refractivity contribution >= 4 is 273 Å². The Morgan fingerprint density at radius 3 is 0.800 bits per heavy atom. The van der Waals surface area contributed by atoms with Crippen molar-refractivity contribution in [2.24, 2.45) is 0 Å². The van der Waals surface area contributed by atoms with Crippen molar-refractivity contribution in [2.45, 2.75) is 0 Å². The Balaban J connectivity index is 0.0000000844. The van der Waals surface area contributed by atoms with Crippen LogP contribution < -0.4 is 0 Å². The third-order valence-electron chi connectivity index (χ3n) is 29.1.